The van der Waals surface area contributed by atoms with Gasteiger partial charge in [0, 0.05) is 23.5 Å². The van der Waals surface area contributed by atoms with Gasteiger partial charge >= 0.3 is 5.97 Å². The Morgan fingerprint density at radius 2 is 1.61 bits per heavy atom. The summed E-state index contributed by atoms with van der Waals surface area (Å²) in [5.74, 6) is -0.441. The summed E-state index contributed by atoms with van der Waals surface area (Å²) in [7, 11) is 1.34. The maximum absolute atomic E-state index is 12.1. The molecular weight excluding hydrogens is 290 g/mol. The van der Waals surface area contributed by atoms with Crippen molar-refractivity contribution in [1.29, 1.82) is 0 Å². The number of carbonyl (C=O) groups is 2. The van der Waals surface area contributed by atoms with Gasteiger partial charge in [-0.05, 0) is 55.3 Å². The van der Waals surface area contributed by atoms with Crippen molar-refractivity contribution in [3.63, 3.8) is 0 Å². The van der Waals surface area contributed by atoms with Crippen molar-refractivity contribution in [3.8, 4) is 0 Å². The largest absolute Gasteiger partial charge is 0.465 e. The second-order valence-electron chi connectivity index (χ2n) is 5.21. The Morgan fingerprint density at radius 3 is 2.22 bits per heavy atom. The van der Waals surface area contributed by atoms with Crippen molar-refractivity contribution in [1.82, 2.24) is 0 Å². The van der Waals surface area contributed by atoms with Crippen molar-refractivity contribution in [3.05, 3.63) is 77.0 Å². The molecule has 0 fully saturated rings. The van der Waals surface area contributed by atoms with E-state index in [0.717, 1.165) is 16.8 Å². The Labute approximate surface area is 135 Å². The predicted molar refractivity (Wildman–Crippen MR) is 90.8 cm³/mol. The summed E-state index contributed by atoms with van der Waals surface area (Å²) < 4.78 is 4.64. The van der Waals surface area contributed by atoms with Crippen LogP contribution in [0.15, 0.2) is 54.7 Å². The average molecular weight is 309 g/mol. The van der Waals surface area contributed by atoms with Gasteiger partial charge in [-0.25, -0.2) is 4.79 Å². The predicted octanol–water partition coefficient (Wildman–Crippen LogP) is 3.90. The molecule has 4 heteroatoms. The first-order chi connectivity index (χ1) is 11.0. The molecule has 4 nitrogen and oxygen atoms in total. The van der Waals surface area contributed by atoms with Crippen LogP contribution in [0.25, 0.3) is 0 Å². The molecule has 0 saturated heterocycles. The van der Waals surface area contributed by atoms with E-state index in [4.69, 9.17) is 0 Å². The minimum absolute atomic E-state index is 0.0632. The van der Waals surface area contributed by atoms with Gasteiger partial charge in [-0.1, -0.05) is 12.1 Å². The third-order valence-electron chi connectivity index (χ3n) is 3.58. The van der Waals surface area contributed by atoms with Gasteiger partial charge in [-0.3, -0.25) is 4.79 Å². The second-order valence-corrected chi connectivity index (χ2v) is 5.21. The zero-order chi connectivity index (χ0) is 16.8. The number of ketones is 1. The zero-order valence-electron chi connectivity index (χ0n) is 13.4. The number of anilines is 1. The molecule has 0 aliphatic carbocycles. The van der Waals surface area contributed by atoms with Crippen LogP contribution in [0.3, 0.4) is 0 Å². The van der Waals surface area contributed by atoms with Crippen LogP contribution in [0.1, 0.15) is 31.8 Å². The molecule has 2 rings (SSSR count). The Bertz CT molecular complexity index is 746. The van der Waals surface area contributed by atoms with Gasteiger partial charge in [0.1, 0.15) is 0 Å². The minimum Gasteiger partial charge on any atom is -0.465 e. The Morgan fingerprint density at radius 1 is 0.957 bits per heavy atom. The molecule has 0 heterocycles. The lowest BCUT2D eigenvalue weighted by Gasteiger charge is -2.03. The van der Waals surface area contributed by atoms with E-state index in [2.05, 4.69) is 10.1 Å². The molecule has 0 spiro atoms. The highest BCUT2D eigenvalue weighted by atomic mass is 16.5. The number of methoxy groups -OCH3 is 1. The first kappa shape index (κ1) is 16.5. The molecule has 0 aliphatic rings. The smallest absolute Gasteiger partial charge is 0.337 e. The third kappa shape index (κ3) is 4.30. The summed E-state index contributed by atoms with van der Waals surface area (Å²) in [6.07, 6.45) is 3.07. The number of hydrogen-bond donors (Lipinski definition) is 1. The summed E-state index contributed by atoms with van der Waals surface area (Å²) >= 11 is 0. The van der Waals surface area contributed by atoms with Crippen LogP contribution in [0.5, 0.6) is 0 Å². The second kappa shape index (κ2) is 7.40. The number of hydrogen-bond acceptors (Lipinski definition) is 4. The number of ether oxygens (including phenoxy) is 1. The molecule has 0 amide bonds. The molecule has 1 N–H and O–H groups in total. The summed E-state index contributed by atoms with van der Waals surface area (Å²) in [6, 6.07) is 12.5. The molecule has 118 valence electrons. The number of carbonyl (C=O) groups excluding carboxylic acids is 2. The maximum Gasteiger partial charge on any atom is 0.337 e. The minimum atomic E-state index is -0.378. The first-order valence-electron chi connectivity index (χ1n) is 7.24. The highest BCUT2D eigenvalue weighted by Crippen LogP contribution is 2.12. The van der Waals surface area contributed by atoms with E-state index >= 15 is 0 Å². The van der Waals surface area contributed by atoms with Crippen molar-refractivity contribution in [2.24, 2.45) is 0 Å². The quantitative estimate of drug-likeness (QED) is 0.517. The standard InChI is InChI=1S/C19H19NO3/c1-13-4-5-16(12-14(13)2)18(21)10-11-20-17-8-6-15(7-9-17)19(22)23-3/h4-12,20H,1-3H3. The number of aryl methyl sites for hydroxylation is 2. The highest BCUT2D eigenvalue weighted by Gasteiger charge is 2.04. The van der Waals surface area contributed by atoms with Gasteiger partial charge in [-0.2, -0.15) is 0 Å². The number of esters is 1. The van der Waals surface area contributed by atoms with E-state index in [-0.39, 0.29) is 11.8 Å². The third-order valence-corrected chi connectivity index (χ3v) is 3.58. The SMILES string of the molecule is COC(=O)c1ccc(NC=CC(=O)c2ccc(C)c(C)c2)cc1. The van der Waals surface area contributed by atoms with E-state index in [9.17, 15) is 9.59 Å². The van der Waals surface area contributed by atoms with Crippen LogP contribution in [-0.4, -0.2) is 18.9 Å². The van der Waals surface area contributed by atoms with Crippen LogP contribution < -0.4 is 5.32 Å². The summed E-state index contributed by atoms with van der Waals surface area (Å²) in [6.45, 7) is 4.00. The Hall–Kier alpha value is -2.88. The molecule has 0 aliphatic heterocycles. The molecule has 2 aromatic carbocycles. The molecule has 2 aromatic rings. The average Bonchev–Trinajstić information content (AvgIpc) is 2.57. The van der Waals surface area contributed by atoms with Gasteiger partial charge in [0.15, 0.2) is 5.78 Å². The number of benzene rings is 2. The molecular formula is C19H19NO3. The van der Waals surface area contributed by atoms with E-state index in [0.29, 0.717) is 11.1 Å². The van der Waals surface area contributed by atoms with Gasteiger partial charge in [0.2, 0.25) is 0 Å². The highest BCUT2D eigenvalue weighted by molar-refractivity contribution is 6.04. The summed E-state index contributed by atoms with van der Waals surface area (Å²) in [4.78, 5) is 23.4. The monoisotopic (exact) mass is 309 g/mol. The summed E-state index contributed by atoms with van der Waals surface area (Å²) in [5, 5.41) is 3.00. The fourth-order valence-electron chi connectivity index (χ4n) is 2.02. The lowest BCUT2D eigenvalue weighted by Crippen LogP contribution is -2.01. The topological polar surface area (TPSA) is 55.4 Å². The lowest BCUT2D eigenvalue weighted by molar-refractivity contribution is 0.0600. The van der Waals surface area contributed by atoms with Gasteiger partial charge in [-0.15, -0.1) is 0 Å². The molecule has 0 atom stereocenters. The number of allylic oxidation sites excluding steroid dienone is 1. The van der Waals surface area contributed by atoms with Gasteiger partial charge in [0.05, 0.1) is 12.7 Å². The van der Waals surface area contributed by atoms with Crippen molar-refractivity contribution in [2.45, 2.75) is 13.8 Å². The summed E-state index contributed by atoms with van der Waals surface area (Å²) in [5.41, 5.74) is 4.17. The first-order valence-corrected chi connectivity index (χ1v) is 7.24. The van der Waals surface area contributed by atoms with Crippen LogP contribution in [-0.2, 0) is 4.74 Å². The molecule has 0 unspecified atom stereocenters. The fraction of sp³-hybridized carbons (Fsp3) is 0.158. The normalized spacial score (nSPS) is 10.6. The molecule has 0 bridgehead atoms. The van der Waals surface area contributed by atoms with Crippen molar-refractivity contribution < 1.29 is 14.3 Å². The fourth-order valence-corrected chi connectivity index (χ4v) is 2.02. The van der Waals surface area contributed by atoms with Crippen LogP contribution in [0.2, 0.25) is 0 Å². The lowest BCUT2D eigenvalue weighted by atomic mass is 10.0. The molecule has 0 saturated carbocycles. The molecule has 0 radical (unpaired) electrons. The Kier molecular flexibility index (Phi) is 5.31. The molecule has 23 heavy (non-hydrogen) atoms. The van der Waals surface area contributed by atoms with Crippen molar-refractivity contribution >= 4 is 17.4 Å². The van der Waals surface area contributed by atoms with E-state index in [1.807, 2.05) is 32.0 Å². The van der Waals surface area contributed by atoms with Gasteiger partial charge < -0.3 is 10.1 Å². The van der Waals surface area contributed by atoms with Gasteiger partial charge in [0.25, 0.3) is 0 Å². The van der Waals surface area contributed by atoms with E-state index < -0.39 is 0 Å². The van der Waals surface area contributed by atoms with Crippen LogP contribution in [0, 0.1) is 13.8 Å². The zero-order valence-corrected chi connectivity index (χ0v) is 13.4. The van der Waals surface area contributed by atoms with Crippen LogP contribution >= 0.6 is 0 Å². The maximum atomic E-state index is 12.1. The number of rotatable bonds is 5. The van der Waals surface area contributed by atoms with Crippen LogP contribution in [0.4, 0.5) is 5.69 Å². The number of nitrogens with one attached hydrogen (secondary N) is 1. The van der Waals surface area contributed by atoms with Crippen molar-refractivity contribution in [2.75, 3.05) is 12.4 Å². The van der Waals surface area contributed by atoms with E-state index in [1.165, 1.54) is 13.2 Å². The van der Waals surface area contributed by atoms with E-state index in [1.54, 1.807) is 30.5 Å². The molecule has 0 aromatic heterocycles. The Balaban J connectivity index is 1.99.